The van der Waals surface area contributed by atoms with E-state index in [0.29, 0.717) is 0 Å². The molecule has 1 aliphatic carbocycles. The molecule has 1 aliphatic rings. The van der Waals surface area contributed by atoms with E-state index in [2.05, 4.69) is 31.1 Å². The Morgan fingerprint density at radius 3 is 2.61 bits per heavy atom. The van der Waals surface area contributed by atoms with Crippen molar-refractivity contribution in [3.63, 3.8) is 0 Å². The maximum atomic E-state index is 9.47. The van der Waals surface area contributed by atoms with Crippen molar-refractivity contribution in [3.05, 3.63) is 0 Å². The summed E-state index contributed by atoms with van der Waals surface area (Å²) in [7, 11) is 2.24. The molecular weight excluding hydrogens is 224 g/mol. The van der Waals surface area contributed by atoms with Gasteiger partial charge in [-0.05, 0) is 65.1 Å². The molecule has 0 radical (unpaired) electrons. The third kappa shape index (κ3) is 6.72. The van der Waals surface area contributed by atoms with Gasteiger partial charge in [-0.3, -0.25) is 0 Å². The molecule has 0 spiro atoms. The van der Waals surface area contributed by atoms with Crippen LogP contribution in [0.3, 0.4) is 0 Å². The van der Waals surface area contributed by atoms with Gasteiger partial charge in [-0.15, -0.1) is 0 Å². The molecular formula is C15H32N2O. The van der Waals surface area contributed by atoms with Crippen molar-refractivity contribution in [1.82, 2.24) is 10.2 Å². The van der Waals surface area contributed by atoms with Gasteiger partial charge in [0, 0.05) is 12.1 Å². The van der Waals surface area contributed by atoms with E-state index >= 15 is 0 Å². The molecule has 0 amide bonds. The van der Waals surface area contributed by atoms with Gasteiger partial charge in [0.25, 0.3) is 0 Å². The number of rotatable bonds is 11. The first-order valence-electron chi connectivity index (χ1n) is 7.64. The summed E-state index contributed by atoms with van der Waals surface area (Å²) in [5.41, 5.74) is -0.0783. The Hall–Kier alpha value is -0.120. The van der Waals surface area contributed by atoms with Crippen LogP contribution in [0.4, 0.5) is 0 Å². The molecule has 0 saturated heterocycles. The Labute approximate surface area is 113 Å². The van der Waals surface area contributed by atoms with E-state index in [1.807, 2.05) is 0 Å². The Morgan fingerprint density at radius 1 is 1.33 bits per heavy atom. The van der Waals surface area contributed by atoms with Crippen LogP contribution in [-0.2, 0) is 0 Å². The molecule has 3 nitrogen and oxygen atoms in total. The second-order valence-electron chi connectivity index (χ2n) is 6.31. The highest BCUT2D eigenvalue weighted by molar-refractivity contribution is 4.82. The van der Waals surface area contributed by atoms with Gasteiger partial charge in [0.2, 0.25) is 0 Å². The molecule has 0 aromatic rings. The van der Waals surface area contributed by atoms with Gasteiger partial charge >= 0.3 is 0 Å². The Kier molecular flexibility index (Phi) is 7.20. The summed E-state index contributed by atoms with van der Waals surface area (Å²) in [5.74, 6) is 0.990. The second kappa shape index (κ2) is 8.13. The van der Waals surface area contributed by atoms with Crippen LogP contribution < -0.4 is 5.32 Å². The zero-order valence-electron chi connectivity index (χ0n) is 12.5. The predicted octanol–water partition coefficient (Wildman–Crippen LogP) is 2.25. The van der Waals surface area contributed by atoms with E-state index in [9.17, 15) is 5.11 Å². The van der Waals surface area contributed by atoms with Crippen LogP contribution in [0.25, 0.3) is 0 Å². The van der Waals surface area contributed by atoms with E-state index in [1.165, 1.54) is 38.8 Å². The van der Waals surface area contributed by atoms with Gasteiger partial charge in [0.1, 0.15) is 0 Å². The fraction of sp³-hybridized carbons (Fsp3) is 1.00. The lowest BCUT2D eigenvalue weighted by molar-refractivity contribution is 0.161. The normalized spacial score (nSPS) is 19.2. The summed E-state index contributed by atoms with van der Waals surface area (Å²) in [6.45, 7) is 8.02. The Morgan fingerprint density at radius 2 is 2.06 bits per heavy atom. The highest BCUT2D eigenvalue weighted by Crippen LogP contribution is 2.29. The first-order valence-corrected chi connectivity index (χ1v) is 7.64. The van der Waals surface area contributed by atoms with Crippen LogP contribution in [0.2, 0.25) is 0 Å². The van der Waals surface area contributed by atoms with Gasteiger partial charge in [0.15, 0.2) is 0 Å². The third-order valence-corrected chi connectivity index (χ3v) is 3.94. The quantitative estimate of drug-likeness (QED) is 0.557. The highest BCUT2D eigenvalue weighted by Gasteiger charge is 2.23. The maximum absolute atomic E-state index is 9.47. The van der Waals surface area contributed by atoms with E-state index in [0.717, 1.165) is 25.3 Å². The van der Waals surface area contributed by atoms with Crippen LogP contribution in [0.15, 0.2) is 0 Å². The van der Waals surface area contributed by atoms with Crippen molar-refractivity contribution in [2.45, 2.75) is 57.9 Å². The summed E-state index contributed by atoms with van der Waals surface area (Å²) >= 11 is 0. The summed E-state index contributed by atoms with van der Waals surface area (Å²) in [5, 5.41) is 12.9. The Balaban J connectivity index is 2.06. The van der Waals surface area contributed by atoms with Crippen molar-refractivity contribution in [2.24, 2.45) is 5.92 Å². The molecule has 1 unspecified atom stereocenters. The van der Waals surface area contributed by atoms with Crippen LogP contribution >= 0.6 is 0 Å². The number of aliphatic hydroxyl groups is 1. The lowest BCUT2D eigenvalue weighted by atomic mass is 9.95. The largest absolute Gasteiger partial charge is 0.394 e. The monoisotopic (exact) mass is 256 g/mol. The number of nitrogens with zero attached hydrogens (tertiary/aromatic N) is 1. The summed E-state index contributed by atoms with van der Waals surface area (Å²) in [6, 6.07) is 0. The van der Waals surface area contributed by atoms with Crippen molar-refractivity contribution < 1.29 is 5.11 Å². The zero-order chi connectivity index (χ0) is 13.4. The average Bonchev–Trinajstić information content (AvgIpc) is 3.16. The lowest BCUT2D eigenvalue weighted by Gasteiger charge is -2.29. The number of hydrogen-bond acceptors (Lipinski definition) is 3. The zero-order valence-corrected chi connectivity index (χ0v) is 12.5. The molecule has 0 aliphatic heterocycles. The molecule has 2 N–H and O–H groups in total. The molecule has 1 saturated carbocycles. The fourth-order valence-electron chi connectivity index (χ4n) is 2.38. The standard InChI is InChI=1S/C15H32N2O/c1-4-10-16-15(2,13-18)9-5-6-11-17(3)12-14-7-8-14/h14,16,18H,4-13H2,1-3H3. The summed E-state index contributed by atoms with van der Waals surface area (Å²) < 4.78 is 0. The molecule has 1 rings (SSSR count). The predicted molar refractivity (Wildman–Crippen MR) is 77.9 cm³/mol. The SMILES string of the molecule is CCCNC(C)(CO)CCCCN(C)CC1CC1. The van der Waals surface area contributed by atoms with E-state index < -0.39 is 0 Å². The topological polar surface area (TPSA) is 35.5 Å². The number of nitrogens with one attached hydrogen (secondary N) is 1. The first-order chi connectivity index (χ1) is 8.59. The average molecular weight is 256 g/mol. The maximum Gasteiger partial charge on any atom is 0.0610 e. The molecule has 0 aromatic heterocycles. The van der Waals surface area contributed by atoms with Crippen LogP contribution in [0, 0.1) is 5.92 Å². The van der Waals surface area contributed by atoms with Crippen LogP contribution in [-0.4, -0.2) is 48.8 Å². The number of hydrogen-bond donors (Lipinski definition) is 2. The second-order valence-corrected chi connectivity index (χ2v) is 6.31. The minimum Gasteiger partial charge on any atom is -0.394 e. The van der Waals surface area contributed by atoms with E-state index in [1.54, 1.807) is 0 Å². The number of aliphatic hydroxyl groups excluding tert-OH is 1. The molecule has 18 heavy (non-hydrogen) atoms. The molecule has 108 valence electrons. The fourth-order valence-corrected chi connectivity index (χ4v) is 2.38. The molecule has 1 atom stereocenters. The van der Waals surface area contributed by atoms with Gasteiger partial charge in [0.05, 0.1) is 6.61 Å². The number of unbranched alkanes of at least 4 members (excludes halogenated alkanes) is 1. The minimum absolute atomic E-state index is 0.0783. The van der Waals surface area contributed by atoms with Gasteiger partial charge in [-0.2, -0.15) is 0 Å². The van der Waals surface area contributed by atoms with E-state index in [4.69, 9.17) is 0 Å². The molecule has 3 heteroatoms. The highest BCUT2D eigenvalue weighted by atomic mass is 16.3. The summed E-state index contributed by atoms with van der Waals surface area (Å²) in [4.78, 5) is 2.47. The van der Waals surface area contributed by atoms with Crippen molar-refractivity contribution in [2.75, 3.05) is 33.3 Å². The minimum atomic E-state index is -0.0783. The molecule has 0 bridgehead atoms. The molecule has 0 heterocycles. The van der Waals surface area contributed by atoms with Crippen LogP contribution in [0.5, 0.6) is 0 Å². The Bertz CT molecular complexity index is 219. The van der Waals surface area contributed by atoms with Gasteiger partial charge in [-0.1, -0.05) is 13.3 Å². The lowest BCUT2D eigenvalue weighted by Crippen LogP contribution is -2.46. The van der Waals surface area contributed by atoms with Crippen LogP contribution in [0.1, 0.15) is 52.4 Å². The summed E-state index contributed by atoms with van der Waals surface area (Å²) in [6.07, 6.45) is 7.51. The molecule has 0 aromatic carbocycles. The van der Waals surface area contributed by atoms with Gasteiger partial charge in [-0.25, -0.2) is 0 Å². The molecule has 1 fully saturated rings. The van der Waals surface area contributed by atoms with Crippen molar-refractivity contribution in [3.8, 4) is 0 Å². The van der Waals surface area contributed by atoms with Crippen molar-refractivity contribution in [1.29, 1.82) is 0 Å². The van der Waals surface area contributed by atoms with Crippen molar-refractivity contribution >= 4 is 0 Å². The van der Waals surface area contributed by atoms with Gasteiger partial charge < -0.3 is 15.3 Å². The smallest absolute Gasteiger partial charge is 0.0610 e. The van der Waals surface area contributed by atoms with E-state index in [-0.39, 0.29) is 12.1 Å². The third-order valence-electron chi connectivity index (χ3n) is 3.94. The first kappa shape index (κ1) is 15.9.